The minimum atomic E-state index is -0.506. The number of ether oxygens (including phenoxy) is 3. The fourth-order valence-electron chi connectivity index (χ4n) is 4.18. The molecule has 1 saturated heterocycles. The molecule has 3 heterocycles. The highest BCUT2D eigenvalue weighted by molar-refractivity contribution is 7.18. The molecule has 1 fully saturated rings. The third kappa shape index (κ3) is 4.44. The lowest BCUT2D eigenvalue weighted by Gasteiger charge is -2.33. The largest absolute Gasteiger partial charge is 0.454 e. The van der Waals surface area contributed by atoms with Crippen molar-refractivity contribution in [1.82, 2.24) is 9.88 Å². The smallest absolute Gasteiger partial charge is 0.231 e. The first-order valence-electron chi connectivity index (χ1n) is 10.5. The molecule has 0 unspecified atom stereocenters. The van der Waals surface area contributed by atoms with Crippen LogP contribution < -0.4 is 9.47 Å². The van der Waals surface area contributed by atoms with E-state index in [2.05, 4.69) is 23.1 Å². The number of para-hydroxylation sites is 1. The number of benzene rings is 2. The van der Waals surface area contributed by atoms with Gasteiger partial charge in [-0.3, -0.25) is 4.90 Å². The Labute approximate surface area is 180 Å². The number of aromatic nitrogens is 1. The van der Waals surface area contributed by atoms with E-state index in [0.717, 1.165) is 48.5 Å². The zero-order valence-electron chi connectivity index (χ0n) is 16.8. The molecule has 6 nitrogen and oxygen atoms in total. The zero-order valence-corrected chi connectivity index (χ0v) is 17.6. The Morgan fingerprint density at radius 3 is 3.03 bits per heavy atom. The van der Waals surface area contributed by atoms with Crippen molar-refractivity contribution in [3.8, 4) is 11.5 Å². The van der Waals surface area contributed by atoms with Crippen molar-refractivity contribution in [2.24, 2.45) is 0 Å². The summed E-state index contributed by atoms with van der Waals surface area (Å²) in [7, 11) is 0. The number of thiazole rings is 1. The van der Waals surface area contributed by atoms with E-state index in [1.54, 1.807) is 11.3 Å². The van der Waals surface area contributed by atoms with Crippen LogP contribution in [-0.2, 0) is 11.3 Å². The van der Waals surface area contributed by atoms with Crippen LogP contribution in [0.25, 0.3) is 10.2 Å². The van der Waals surface area contributed by atoms with Gasteiger partial charge in [-0.1, -0.05) is 18.2 Å². The molecule has 2 aliphatic rings. The zero-order chi connectivity index (χ0) is 20.3. The summed E-state index contributed by atoms with van der Waals surface area (Å²) in [6, 6.07) is 14.1. The molecular weight excluding hydrogens is 400 g/mol. The van der Waals surface area contributed by atoms with Gasteiger partial charge >= 0.3 is 0 Å². The van der Waals surface area contributed by atoms with Crippen molar-refractivity contribution in [2.75, 3.05) is 33.0 Å². The third-order valence-corrected chi connectivity index (χ3v) is 6.85. The van der Waals surface area contributed by atoms with Crippen molar-refractivity contribution < 1.29 is 19.3 Å². The number of hydrogen-bond acceptors (Lipinski definition) is 7. The molecule has 2 atom stereocenters. The lowest BCUT2D eigenvalue weighted by Crippen LogP contribution is -2.40. The molecule has 7 heteroatoms. The molecule has 0 amide bonds. The van der Waals surface area contributed by atoms with Gasteiger partial charge in [0.2, 0.25) is 6.79 Å². The average Bonchev–Trinajstić information content (AvgIpc) is 3.40. The fraction of sp³-hybridized carbons (Fsp3) is 0.435. The number of aliphatic hydroxyl groups is 1. The maximum Gasteiger partial charge on any atom is 0.231 e. The minimum absolute atomic E-state index is 0.270. The van der Waals surface area contributed by atoms with E-state index < -0.39 is 6.10 Å². The van der Waals surface area contributed by atoms with Crippen LogP contribution in [0.3, 0.4) is 0 Å². The van der Waals surface area contributed by atoms with E-state index in [-0.39, 0.29) is 6.79 Å². The van der Waals surface area contributed by atoms with Gasteiger partial charge < -0.3 is 19.3 Å². The minimum Gasteiger partial charge on any atom is -0.454 e. The molecule has 3 aromatic rings. The summed E-state index contributed by atoms with van der Waals surface area (Å²) < 4.78 is 17.7. The van der Waals surface area contributed by atoms with E-state index in [0.29, 0.717) is 25.7 Å². The van der Waals surface area contributed by atoms with E-state index in [1.807, 2.05) is 24.3 Å². The monoisotopic (exact) mass is 426 g/mol. The molecule has 0 spiro atoms. The average molecular weight is 427 g/mol. The second kappa shape index (κ2) is 8.89. The predicted molar refractivity (Wildman–Crippen MR) is 116 cm³/mol. The second-order valence-corrected chi connectivity index (χ2v) is 9.04. The molecule has 2 aliphatic heterocycles. The molecule has 0 bridgehead atoms. The van der Waals surface area contributed by atoms with Crippen LogP contribution in [0.5, 0.6) is 11.5 Å². The van der Waals surface area contributed by atoms with Crippen molar-refractivity contribution in [3.05, 3.63) is 53.0 Å². The van der Waals surface area contributed by atoms with Crippen LogP contribution in [0.2, 0.25) is 0 Å². The highest BCUT2D eigenvalue weighted by atomic mass is 32.1. The van der Waals surface area contributed by atoms with Crippen molar-refractivity contribution in [3.63, 3.8) is 0 Å². The molecule has 2 aromatic carbocycles. The standard InChI is InChI=1S/C23H26N2O4S/c26-18(14-27-13-16-7-8-20-21(10-16)29-15-28-20)12-25-9-3-4-17(11-25)23-24-19-5-1-2-6-22(19)30-23/h1-2,5-8,10,17-18,26H,3-4,9,11-15H2/t17-,18+/m1/s1. The first-order valence-corrected chi connectivity index (χ1v) is 11.3. The topological polar surface area (TPSA) is 64.1 Å². The Balaban J connectivity index is 1.11. The van der Waals surface area contributed by atoms with E-state index in [4.69, 9.17) is 19.2 Å². The lowest BCUT2D eigenvalue weighted by atomic mass is 9.98. The SMILES string of the molecule is O[C@H](COCc1ccc2c(c1)OCO2)CN1CCC[C@@H](c2nc3ccccc3s2)C1. The van der Waals surface area contributed by atoms with Crippen LogP contribution in [0.15, 0.2) is 42.5 Å². The maximum atomic E-state index is 10.5. The summed E-state index contributed by atoms with van der Waals surface area (Å²) in [5, 5.41) is 11.7. The van der Waals surface area contributed by atoms with Crippen molar-refractivity contribution >= 4 is 21.6 Å². The van der Waals surface area contributed by atoms with Gasteiger partial charge in [0.1, 0.15) is 0 Å². The highest BCUT2D eigenvalue weighted by Crippen LogP contribution is 2.34. The van der Waals surface area contributed by atoms with Crippen molar-refractivity contribution in [2.45, 2.75) is 31.5 Å². The van der Waals surface area contributed by atoms with Crippen molar-refractivity contribution in [1.29, 1.82) is 0 Å². The number of likely N-dealkylation sites (tertiary alicyclic amines) is 1. The first kappa shape index (κ1) is 19.8. The highest BCUT2D eigenvalue weighted by Gasteiger charge is 2.25. The molecule has 1 aromatic heterocycles. The molecule has 0 aliphatic carbocycles. The Morgan fingerprint density at radius 2 is 2.10 bits per heavy atom. The molecule has 158 valence electrons. The lowest BCUT2D eigenvalue weighted by molar-refractivity contribution is 0.00568. The van der Waals surface area contributed by atoms with Gasteiger partial charge in [-0.05, 0) is 49.2 Å². The number of fused-ring (bicyclic) bond motifs is 2. The van der Waals surface area contributed by atoms with Gasteiger partial charge in [-0.2, -0.15) is 0 Å². The van der Waals surface area contributed by atoms with Crippen LogP contribution in [0.1, 0.15) is 29.3 Å². The number of rotatable bonds is 7. The Bertz CT molecular complexity index is 975. The Morgan fingerprint density at radius 1 is 1.20 bits per heavy atom. The fourth-order valence-corrected chi connectivity index (χ4v) is 5.28. The van der Waals surface area contributed by atoms with Gasteiger partial charge in [0.05, 0.1) is 34.5 Å². The molecule has 5 rings (SSSR count). The molecular formula is C23H26N2O4S. The van der Waals surface area contributed by atoms with Gasteiger partial charge in [-0.25, -0.2) is 4.98 Å². The summed E-state index contributed by atoms with van der Waals surface area (Å²) in [6.07, 6.45) is 1.78. The van der Waals surface area contributed by atoms with Gasteiger partial charge in [0.15, 0.2) is 11.5 Å². The maximum absolute atomic E-state index is 10.5. The first-order chi connectivity index (χ1) is 14.7. The summed E-state index contributed by atoms with van der Waals surface area (Å²) in [4.78, 5) is 7.19. The number of piperidine rings is 1. The van der Waals surface area contributed by atoms with E-state index in [1.165, 1.54) is 9.71 Å². The number of hydrogen-bond donors (Lipinski definition) is 1. The summed E-state index contributed by atoms with van der Waals surface area (Å²) >= 11 is 1.80. The van der Waals surface area contributed by atoms with Gasteiger partial charge in [0.25, 0.3) is 0 Å². The summed E-state index contributed by atoms with van der Waals surface area (Å²) in [6.45, 7) is 3.62. The number of β-amino-alcohol motifs (C(OH)–C–C–N with tert-alkyl or cyclic N) is 1. The Kier molecular flexibility index (Phi) is 5.86. The quantitative estimate of drug-likeness (QED) is 0.620. The normalized spacial score (nSPS) is 20.0. The predicted octanol–water partition coefficient (Wildman–Crippen LogP) is 3.78. The van der Waals surface area contributed by atoms with Crippen LogP contribution in [-0.4, -0.2) is 54.1 Å². The Hall–Kier alpha value is -2.19. The van der Waals surface area contributed by atoms with Gasteiger partial charge in [0, 0.05) is 19.0 Å². The number of aliphatic hydroxyl groups excluding tert-OH is 1. The van der Waals surface area contributed by atoms with Crippen LogP contribution >= 0.6 is 11.3 Å². The van der Waals surface area contributed by atoms with Crippen LogP contribution in [0.4, 0.5) is 0 Å². The summed E-state index contributed by atoms with van der Waals surface area (Å²) in [5.74, 6) is 1.97. The molecule has 0 radical (unpaired) electrons. The summed E-state index contributed by atoms with van der Waals surface area (Å²) in [5.41, 5.74) is 2.10. The van der Waals surface area contributed by atoms with Gasteiger partial charge in [-0.15, -0.1) is 11.3 Å². The molecule has 1 N–H and O–H groups in total. The number of nitrogens with zero attached hydrogens (tertiary/aromatic N) is 2. The third-order valence-electron chi connectivity index (χ3n) is 5.65. The second-order valence-electron chi connectivity index (χ2n) is 7.98. The van der Waals surface area contributed by atoms with E-state index >= 15 is 0 Å². The molecule has 0 saturated carbocycles. The van der Waals surface area contributed by atoms with E-state index in [9.17, 15) is 5.11 Å². The molecule has 30 heavy (non-hydrogen) atoms. The van der Waals surface area contributed by atoms with Crippen LogP contribution in [0, 0.1) is 0 Å².